The second kappa shape index (κ2) is 5.27. The number of esters is 1. The molecule has 2 nitrogen and oxygen atoms in total. The van der Waals surface area contributed by atoms with Crippen molar-refractivity contribution in [3.8, 4) is 0 Å². The molecule has 1 atom stereocenters. The van der Waals surface area contributed by atoms with Gasteiger partial charge in [-0.15, -0.1) is 0 Å². The Balaban J connectivity index is 2.78. The first-order valence-corrected chi connectivity index (χ1v) is 6.72. The van der Waals surface area contributed by atoms with Gasteiger partial charge in [-0.3, -0.25) is 0 Å². The third-order valence-electron chi connectivity index (χ3n) is 1.85. The molecule has 0 fully saturated rings. The van der Waals surface area contributed by atoms with E-state index in [1.54, 1.807) is 0 Å². The molecule has 1 aromatic rings. The van der Waals surface area contributed by atoms with Crippen LogP contribution in [0.3, 0.4) is 0 Å². The van der Waals surface area contributed by atoms with E-state index in [0.717, 1.165) is 5.56 Å². The first kappa shape index (κ1) is 10.6. The number of rotatable bonds is 2. The van der Waals surface area contributed by atoms with E-state index in [4.69, 9.17) is 0 Å². The van der Waals surface area contributed by atoms with E-state index in [0.29, 0.717) is 0 Å². The van der Waals surface area contributed by atoms with E-state index >= 15 is 0 Å². The van der Waals surface area contributed by atoms with Crippen LogP contribution in [0.5, 0.6) is 0 Å². The first-order valence-electron chi connectivity index (χ1n) is 3.88. The molecule has 3 heteroatoms. The van der Waals surface area contributed by atoms with Crippen LogP contribution in [-0.2, 0) is 9.53 Å². The van der Waals surface area contributed by atoms with Gasteiger partial charge in [0.2, 0.25) is 0 Å². The molecule has 0 spiro atoms. The van der Waals surface area contributed by atoms with Crippen molar-refractivity contribution < 1.29 is 9.53 Å². The van der Waals surface area contributed by atoms with Crippen LogP contribution < -0.4 is 0 Å². The second-order valence-electron chi connectivity index (χ2n) is 2.66. The number of carbonyl (C=O) groups excluding carboxylic acids is 1. The first-order chi connectivity index (χ1) is 5.75. The van der Waals surface area contributed by atoms with Gasteiger partial charge in [0, 0.05) is 0 Å². The zero-order chi connectivity index (χ0) is 8.97. The van der Waals surface area contributed by atoms with Gasteiger partial charge >= 0.3 is 113 Å². The summed E-state index contributed by atoms with van der Waals surface area (Å²) < 4.78 is 4.72. The summed E-state index contributed by atoms with van der Waals surface area (Å²) in [7, 11) is 1.44. The van der Waals surface area contributed by atoms with Crippen LogP contribution >= 0.6 is 0 Å². The van der Waals surface area contributed by atoms with Crippen molar-refractivity contribution in [2.24, 2.45) is 0 Å². The van der Waals surface area contributed by atoms with E-state index in [-0.39, 0.29) is 60.5 Å². The van der Waals surface area contributed by atoms with Gasteiger partial charge in [-0.25, -0.2) is 0 Å². The molecule has 0 aliphatic carbocycles. The summed E-state index contributed by atoms with van der Waals surface area (Å²) in [6.07, 6.45) is 0. The number of hydrogen-bond acceptors (Lipinski definition) is 2. The van der Waals surface area contributed by atoms with Gasteiger partial charge in [-0.05, 0) is 0 Å². The van der Waals surface area contributed by atoms with Crippen LogP contribution in [0.4, 0.5) is 0 Å². The summed E-state index contributed by atoms with van der Waals surface area (Å²) in [5, 5.41) is 0. The monoisotopic (exact) mass is 234 g/mol. The van der Waals surface area contributed by atoms with Crippen molar-refractivity contribution in [3.05, 3.63) is 35.9 Å². The van der Waals surface area contributed by atoms with Crippen LogP contribution in [-0.4, -0.2) is 68.6 Å². The third kappa shape index (κ3) is 2.77. The summed E-state index contributed by atoms with van der Waals surface area (Å²) in [5.74, 6) is -0.1000. The fourth-order valence-electron chi connectivity index (χ4n) is 1.05. The van der Waals surface area contributed by atoms with Crippen LogP contribution in [0.1, 0.15) is 4.55 Å². The predicted octanol–water partition coefficient (Wildman–Crippen LogP) is 1.07. The number of carbonyl (C=O) groups is 1. The molecule has 0 bridgehead atoms. The molecule has 0 saturated heterocycles. The number of methoxy groups -OCH3 is 1. The maximum atomic E-state index is 11.1. The fraction of sp³-hybridized carbons (Fsp3) is 0.222. The molecule has 0 saturated carbocycles. The number of ether oxygens (including phenoxy) is 1. The average Bonchev–Trinajstić information content (AvgIpc) is 2.17. The van der Waals surface area contributed by atoms with Crippen LogP contribution in [0, 0.1) is 0 Å². The van der Waals surface area contributed by atoms with Crippen molar-refractivity contribution in [2.45, 2.75) is -1.01 Å². The van der Waals surface area contributed by atoms with Gasteiger partial charge in [0.15, 0.2) is 0 Å². The van der Waals surface area contributed by atoms with Crippen molar-refractivity contribution in [1.29, 1.82) is 0 Å². The molecule has 0 aliphatic rings. The summed E-state index contributed by atoms with van der Waals surface area (Å²) in [6.45, 7) is 0. The summed E-state index contributed by atoms with van der Waals surface area (Å²) >= 11 is 0.264. The molecule has 1 aromatic carbocycles. The van der Waals surface area contributed by atoms with Crippen molar-refractivity contribution in [1.82, 2.24) is 0 Å². The van der Waals surface area contributed by atoms with Crippen LogP contribution in [0.15, 0.2) is 30.3 Å². The Labute approximate surface area is 111 Å². The molecular weight excluding hydrogens is 226 g/mol. The van der Waals surface area contributed by atoms with E-state index in [2.05, 4.69) is 4.74 Å². The minimum atomic E-state index is -0.1000. The maximum absolute atomic E-state index is 11.1. The molecule has 0 aromatic heterocycles. The van der Waals surface area contributed by atoms with Crippen LogP contribution in [0.2, 0.25) is 0 Å². The molecule has 58 valence electrons. The second-order valence-corrected chi connectivity index (χ2v) is 5.49. The van der Waals surface area contributed by atoms with Gasteiger partial charge in [0.25, 0.3) is 0 Å². The zero-order valence-electron chi connectivity index (χ0n) is 7.28. The molecular formula is C9H9O2Rb. The molecule has 0 heterocycles. The Morgan fingerprint density at radius 2 is 2.00 bits per heavy atom. The van der Waals surface area contributed by atoms with Crippen LogP contribution in [0.25, 0.3) is 0 Å². The summed E-state index contributed by atoms with van der Waals surface area (Å²) in [5.41, 5.74) is 1.08. The van der Waals surface area contributed by atoms with Gasteiger partial charge in [-0.2, -0.15) is 0 Å². The SMILES string of the molecule is COC(=O)[CH]([Rb])c1ccccc1. The van der Waals surface area contributed by atoms with Gasteiger partial charge in [0.1, 0.15) is 0 Å². The number of benzene rings is 1. The van der Waals surface area contributed by atoms with E-state index in [1.807, 2.05) is 30.3 Å². The quantitative estimate of drug-likeness (QED) is 0.716. The Morgan fingerprint density at radius 1 is 1.42 bits per heavy atom. The van der Waals surface area contributed by atoms with Gasteiger partial charge in [0.05, 0.1) is 0 Å². The molecule has 0 radical (unpaired) electrons. The normalized spacial score (nSPS) is 12.2. The minimum absolute atomic E-state index is 0.0398. The molecule has 0 aliphatic heterocycles. The standard InChI is InChI=1S/C9H9O2.Rb/c1-11-9(10)7-8-5-3-2-4-6-8;/h2-7H,1H3;. The Kier molecular flexibility index (Phi) is 4.65. The molecule has 12 heavy (non-hydrogen) atoms. The Bertz CT molecular complexity index is 258. The molecule has 1 unspecified atom stereocenters. The topological polar surface area (TPSA) is 26.3 Å². The van der Waals surface area contributed by atoms with E-state index in [1.165, 1.54) is 7.11 Å². The molecule has 0 N–H and O–H groups in total. The number of hydrogen-bond donors (Lipinski definition) is 0. The van der Waals surface area contributed by atoms with E-state index < -0.39 is 0 Å². The Morgan fingerprint density at radius 3 is 2.50 bits per heavy atom. The molecule has 1 rings (SSSR count). The summed E-state index contributed by atoms with van der Waals surface area (Å²) in [4.78, 5) is 11.1. The van der Waals surface area contributed by atoms with Crippen molar-refractivity contribution >= 4 is 61.5 Å². The fourth-order valence-corrected chi connectivity index (χ4v) is 2.58. The Hall–Kier alpha value is 0.495. The van der Waals surface area contributed by atoms with Crippen molar-refractivity contribution in [3.63, 3.8) is 0 Å². The van der Waals surface area contributed by atoms with E-state index in [9.17, 15) is 4.79 Å². The average molecular weight is 235 g/mol. The van der Waals surface area contributed by atoms with Gasteiger partial charge in [-0.1, -0.05) is 0 Å². The summed E-state index contributed by atoms with van der Waals surface area (Å²) in [6, 6.07) is 9.78. The predicted molar refractivity (Wildman–Crippen MR) is 47.0 cm³/mol. The van der Waals surface area contributed by atoms with Crippen molar-refractivity contribution in [2.75, 3.05) is 7.11 Å². The third-order valence-corrected chi connectivity index (χ3v) is 4.65. The molecule has 0 amide bonds. The zero-order valence-corrected chi connectivity index (χ0v) is 12.2. The van der Waals surface area contributed by atoms with Gasteiger partial charge < -0.3 is 0 Å².